The van der Waals surface area contributed by atoms with Crippen molar-refractivity contribution in [2.45, 2.75) is 0 Å². The molecule has 0 atom stereocenters. The highest BCUT2D eigenvalue weighted by Gasteiger charge is 2.17. The Kier molecular flexibility index (Phi) is 10.7. The topological polar surface area (TPSA) is 71.1 Å². The summed E-state index contributed by atoms with van der Waals surface area (Å²) in [6.07, 6.45) is 0. The molecule has 0 saturated heterocycles. The van der Waals surface area contributed by atoms with Gasteiger partial charge in [-0.2, -0.15) is 0 Å². The van der Waals surface area contributed by atoms with Gasteiger partial charge in [-0.05, 0) is 65.1 Å². The van der Waals surface area contributed by atoms with E-state index in [-0.39, 0.29) is 33.4 Å². The second-order valence-electron chi connectivity index (χ2n) is 8.18. The van der Waals surface area contributed by atoms with E-state index in [4.69, 9.17) is 9.47 Å². The predicted octanol–water partition coefficient (Wildman–Crippen LogP) is 7.46. The first-order valence-corrected chi connectivity index (χ1v) is 12.8. The standard InChI is InChI=1S/C15H11F2IO3.C15H12F2O3/c1-20-14-7-12(17)10(6-13(14)18)9-4-3-8(5-11(9)16)15(19)21-2;1-19-10-4-6-12(14(17)8-10)11-5-3-9(7-13(11)16)15(18)20-2/h3-7H,1-2H3;3-8H,1-2H3. The van der Waals surface area contributed by atoms with Crippen LogP contribution < -0.4 is 9.47 Å². The van der Waals surface area contributed by atoms with Crippen LogP contribution in [0, 0.1) is 26.8 Å². The average Bonchev–Trinajstić information content (AvgIpc) is 2.97. The van der Waals surface area contributed by atoms with Gasteiger partial charge in [0.15, 0.2) is 0 Å². The Hall–Kier alpha value is -4.13. The number of ether oxygens (including phenoxy) is 4. The summed E-state index contributed by atoms with van der Waals surface area (Å²) in [6.45, 7) is 0. The Balaban J connectivity index is 0.000000226. The van der Waals surface area contributed by atoms with Gasteiger partial charge in [0.05, 0.1) is 43.1 Å². The van der Waals surface area contributed by atoms with Crippen LogP contribution in [0.2, 0.25) is 0 Å². The van der Waals surface area contributed by atoms with Gasteiger partial charge < -0.3 is 18.9 Å². The van der Waals surface area contributed by atoms with E-state index in [9.17, 15) is 27.2 Å². The number of benzene rings is 4. The molecule has 11 heteroatoms. The number of carbonyl (C=O) groups is 2. The molecule has 4 aromatic carbocycles. The fourth-order valence-corrected chi connectivity index (χ4v) is 4.38. The minimum Gasteiger partial charge on any atom is -0.497 e. The largest absolute Gasteiger partial charge is 0.497 e. The predicted molar refractivity (Wildman–Crippen MR) is 152 cm³/mol. The van der Waals surface area contributed by atoms with E-state index in [2.05, 4.69) is 9.47 Å². The zero-order valence-electron chi connectivity index (χ0n) is 22.2. The van der Waals surface area contributed by atoms with Gasteiger partial charge in [-0.3, -0.25) is 0 Å². The summed E-state index contributed by atoms with van der Waals surface area (Å²) < 4.78 is 75.6. The second-order valence-corrected chi connectivity index (χ2v) is 9.35. The average molecular weight is 682 g/mol. The molecule has 0 aliphatic rings. The third-order valence-electron chi connectivity index (χ3n) is 5.78. The maximum Gasteiger partial charge on any atom is 0.337 e. The first-order valence-electron chi connectivity index (χ1n) is 11.7. The van der Waals surface area contributed by atoms with E-state index in [0.29, 0.717) is 15.1 Å². The molecule has 4 aromatic rings. The lowest BCUT2D eigenvalue weighted by molar-refractivity contribution is 0.0591. The van der Waals surface area contributed by atoms with Crippen molar-refractivity contribution < 1.29 is 46.1 Å². The van der Waals surface area contributed by atoms with Crippen LogP contribution >= 0.6 is 22.6 Å². The van der Waals surface area contributed by atoms with E-state index in [1.807, 2.05) is 22.6 Å². The summed E-state index contributed by atoms with van der Waals surface area (Å²) in [6, 6.07) is 14.3. The molecule has 0 N–H and O–H groups in total. The lowest BCUT2D eigenvalue weighted by atomic mass is 10.0. The molecular formula is C30H23F4IO6. The fraction of sp³-hybridized carbons (Fsp3) is 0.133. The molecule has 0 aliphatic carbocycles. The summed E-state index contributed by atoms with van der Waals surface area (Å²) in [4.78, 5) is 22.6. The van der Waals surface area contributed by atoms with E-state index in [1.165, 1.54) is 83.0 Å². The Morgan fingerprint density at radius 3 is 1.41 bits per heavy atom. The minimum atomic E-state index is -0.697. The van der Waals surface area contributed by atoms with E-state index < -0.39 is 35.2 Å². The molecule has 214 valence electrons. The van der Waals surface area contributed by atoms with Crippen molar-refractivity contribution in [3.63, 3.8) is 0 Å². The highest BCUT2D eigenvalue weighted by atomic mass is 127. The smallest absolute Gasteiger partial charge is 0.337 e. The van der Waals surface area contributed by atoms with Gasteiger partial charge in [-0.1, -0.05) is 12.1 Å². The highest BCUT2D eigenvalue weighted by molar-refractivity contribution is 14.1. The van der Waals surface area contributed by atoms with E-state index in [1.54, 1.807) is 0 Å². The molecular weight excluding hydrogens is 659 g/mol. The molecule has 0 saturated carbocycles. The maximum absolute atomic E-state index is 14.1. The van der Waals surface area contributed by atoms with Crippen molar-refractivity contribution in [2.75, 3.05) is 28.4 Å². The van der Waals surface area contributed by atoms with Crippen molar-refractivity contribution >= 4 is 34.5 Å². The SMILES string of the molecule is COC(=O)c1ccc(-c2cc(I)c(OC)cc2F)c(F)c1.COC(=O)c1ccc(-c2ccc(OC)cc2F)c(F)c1. The fourth-order valence-electron chi connectivity index (χ4n) is 3.69. The highest BCUT2D eigenvalue weighted by Crippen LogP contribution is 2.33. The van der Waals surface area contributed by atoms with Crippen LogP contribution in [-0.2, 0) is 9.47 Å². The lowest BCUT2D eigenvalue weighted by Gasteiger charge is -2.10. The molecule has 0 aliphatic heterocycles. The van der Waals surface area contributed by atoms with E-state index >= 15 is 0 Å². The quantitative estimate of drug-likeness (QED) is 0.120. The molecule has 6 nitrogen and oxygen atoms in total. The third-order valence-corrected chi connectivity index (χ3v) is 6.62. The van der Waals surface area contributed by atoms with Gasteiger partial charge in [0.1, 0.15) is 34.8 Å². The zero-order valence-corrected chi connectivity index (χ0v) is 24.3. The Morgan fingerprint density at radius 1 is 0.561 bits per heavy atom. The summed E-state index contributed by atoms with van der Waals surface area (Å²) >= 11 is 1.98. The van der Waals surface area contributed by atoms with Crippen LogP contribution in [0.15, 0.2) is 66.7 Å². The van der Waals surface area contributed by atoms with Crippen molar-refractivity contribution in [3.05, 3.63) is 105 Å². The van der Waals surface area contributed by atoms with Crippen molar-refractivity contribution in [1.82, 2.24) is 0 Å². The van der Waals surface area contributed by atoms with Crippen molar-refractivity contribution in [3.8, 4) is 33.8 Å². The molecule has 0 amide bonds. The summed E-state index contributed by atoms with van der Waals surface area (Å²) in [5, 5.41) is 0. The molecule has 0 unspecified atom stereocenters. The van der Waals surface area contributed by atoms with Gasteiger partial charge in [-0.25, -0.2) is 27.2 Å². The lowest BCUT2D eigenvalue weighted by Crippen LogP contribution is -2.02. The number of carbonyl (C=O) groups excluding carboxylic acids is 2. The summed E-state index contributed by atoms with van der Waals surface area (Å²) in [5.74, 6) is -3.17. The molecule has 0 bridgehead atoms. The molecule has 4 rings (SSSR count). The number of esters is 2. The van der Waals surface area contributed by atoms with Crippen LogP contribution in [0.5, 0.6) is 11.5 Å². The minimum absolute atomic E-state index is 0.0674. The Labute approximate surface area is 246 Å². The van der Waals surface area contributed by atoms with Gasteiger partial charge in [-0.15, -0.1) is 0 Å². The number of methoxy groups -OCH3 is 4. The molecule has 0 radical (unpaired) electrons. The number of halogens is 5. The zero-order chi connectivity index (χ0) is 30.3. The molecule has 0 spiro atoms. The summed E-state index contributed by atoms with van der Waals surface area (Å²) in [5.41, 5.74) is 0.484. The van der Waals surface area contributed by atoms with Crippen LogP contribution in [0.25, 0.3) is 22.3 Å². The molecule has 0 fully saturated rings. The van der Waals surface area contributed by atoms with E-state index in [0.717, 1.165) is 12.1 Å². The van der Waals surface area contributed by atoms with Gasteiger partial charge in [0, 0.05) is 34.4 Å². The van der Waals surface area contributed by atoms with Crippen LogP contribution in [0.1, 0.15) is 20.7 Å². The maximum atomic E-state index is 14.1. The van der Waals surface area contributed by atoms with Crippen molar-refractivity contribution in [2.24, 2.45) is 0 Å². The number of hydrogen-bond donors (Lipinski definition) is 0. The normalized spacial score (nSPS) is 10.3. The third kappa shape index (κ3) is 7.34. The molecule has 0 aromatic heterocycles. The summed E-state index contributed by atoms with van der Waals surface area (Å²) in [7, 11) is 5.26. The van der Waals surface area contributed by atoms with Gasteiger partial charge >= 0.3 is 11.9 Å². The first-order chi connectivity index (χ1) is 19.5. The molecule has 0 heterocycles. The van der Waals surface area contributed by atoms with Crippen molar-refractivity contribution in [1.29, 1.82) is 0 Å². The van der Waals surface area contributed by atoms with Crippen LogP contribution in [0.3, 0.4) is 0 Å². The van der Waals surface area contributed by atoms with Crippen LogP contribution in [0.4, 0.5) is 17.6 Å². The number of rotatable bonds is 6. The van der Waals surface area contributed by atoms with Gasteiger partial charge in [0.2, 0.25) is 0 Å². The first kappa shape index (κ1) is 31.4. The monoisotopic (exact) mass is 682 g/mol. The second kappa shape index (κ2) is 14.0. The Bertz CT molecular complexity index is 1590. The Morgan fingerprint density at radius 2 is 1.00 bits per heavy atom. The van der Waals surface area contributed by atoms with Gasteiger partial charge in [0.25, 0.3) is 0 Å². The number of hydrogen-bond acceptors (Lipinski definition) is 6. The van der Waals surface area contributed by atoms with Crippen LogP contribution in [-0.4, -0.2) is 40.4 Å². The molecule has 41 heavy (non-hydrogen) atoms.